The monoisotopic (exact) mass is 367 g/mol. The van der Waals surface area contributed by atoms with Crippen molar-refractivity contribution in [1.82, 2.24) is 10.2 Å². The quantitative estimate of drug-likeness (QED) is 0.901. The van der Waals surface area contributed by atoms with Crippen LogP contribution in [-0.4, -0.2) is 42.4 Å². The molecule has 0 radical (unpaired) electrons. The van der Waals surface area contributed by atoms with Crippen molar-refractivity contribution in [2.75, 3.05) is 24.5 Å². The van der Waals surface area contributed by atoms with Gasteiger partial charge in [-0.05, 0) is 24.1 Å². The van der Waals surface area contributed by atoms with Crippen LogP contribution in [0.15, 0.2) is 48.5 Å². The minimum atomic E-state index is -0.564. The van der Waals surface area contributed by atoms with E-state index in [1.165, 1.54) is 6.07 Å². The van der Waals surface area contributed by atoms with Crippen molar-refractivity contribution < 1.29 is 14.0 Å². The highest BCUT2D eigenvalue weighted by atomic mass is 19.1. The smallest absolute Gasteiger partial charge is 0.240 e. The van der Waals surface area contributed by atoms with E-state index in [2.05, 4.69) is 5.32 Å². The number of para-hydroxylation sites is 1. The molecule has 1 atom stereocenters. The largest absolute Gasteiger partial charge is 0.336 e. The highest BCUT2D eigenvalue weighted by molar-refractivity contribution is 5.98. The van der Waals surface area contributed by atoms with Crippen LogP contribution in [0.4, 0.5) is 10.1 Å². The molecule has 1 N–H and O–H groups in total. The lowest BCUT2D eigenvalue weighted by Crippen LogP contribution is -2.56. The number of amides is 2. The Balaban J connectivity index is 1.43. The molecule has 0 aliphatic carbocycles. The maximum Gasteiger partial charge on any atom is 0.240 e. The number of anilines is 1. The summed E-state index contributed by atoms with van der Waals surface area (Å²) in [5, 5.41) is 3.15. The van der Waals surface area contributed by atoms with Crippen molar-refractivity contribution in [1.29, 1.82) is 0 Å². The molecule has 5 nitrogen and oxygen atoms in total. The van der Waals surface area contributed by atoms with E-state index in [1.807, 2.05) is 24.3 Å². The topological polar surface area (TPSA) is 52.7 Å². The number of nitrogens with zero attached hydrogens (tertiary/aromatic N) is 2. The van der Waals surface area contributed by atoms with Gasteiger partial charge in [0.15, 0.2) is 0 Å². The molecular weight excluding hydrogens is 345 g/mol. The maximum atomic E-state index is 13.9. The molecule has 0 aromatic heterocycles. The predicted molar refractivity (Wildman–Crippen MR) is 101 cm³/mol. The molecule has 2 aliphatic heterocycles. The van der Waals surface area contributed by atoms with Gasteiger partial charge in [-0.15, -0.1) is 0 Å². The average molecular weight is 367 g/mol. The highest BCUT2D eigenvalue weighted by Gasteiger charge is 2.33. The third-order valence-corrected chi connectivity index (χ3v) is 5.27. The first-order valence-corrected chi connectivity index (χ1v) is 9.27. The molecule has 1 fully saturated rings. The highest BCUT2D eigenvalue weighted by Crippen LogP contribution is 2.28. The number of hydrogen-bond acceptors (Lipinski definition) is 3. The molecule has 0 saturated carbocycles. The summed E-state index contributed by atoms with van der Waals surface area (Å²) in [6, 6.07) is 13.8. The standard InChI is InChI=1S/C21H22FN3O2/c22-17-7-3-1-6-16(17)14-24-12-10-23-18(21(24)27)13-20(26)25-11-9-15-5-2-4-8-19(15)25/h1-8,18,23H,9-14H2. The number of fused-ring (bicyclic) bond motifs is 1. The zero-order chi connectivity index (χ0) is 18.8. The summed E-state index contributed by atoms with van der Waals surface area (Å²) >= 11 is 0. The fourth-order valence-electron chi connectivity index (χ4n) is 3.82. The Morgan fingerprint density at radius 1 is 1.11 bits per heavy atom. The van der Waals surface area contributed by atoms with E-state index in [-0.39, 0.29) is 30.6 Å². The van der Waals surface area contributed by atoms with Crippen LogP contribution in [0, 0.1) is 5.82 Å². The number of carbonyl (C=O) groups is 2. The molecule has 0 bridgehead atoms. The Kier molecular flexibility index (Phi) is 4.90. The number of rotatable bonds is 4. The Hall–Kier alpha value is -2.73. The van der Waals surface area contributed by atoms with Gasteiger partial charge in [-0.2, -0.15) is 0 Å². The second kappa shape index (κ2) is 7.48. The molecule has 140 valence electrons. The summed E-state index contributed by atoms with van der Waals surface area (Å²) in [6.07, 6.45) is 0.953. The maximum absolute atomic E-state index is 13.9. The molecule has 2 amide bonds. The number of halogens is 1. The van der Waals surface area contributed by atoms with Gasteiger partial charge < -0.3 is 15.1 Å². The van der Waals surface area contributed by atoms with Gasteiger partial charge in [0.1, 0.15) is 5.82 Å². The zero-order valence-corrected chi connectivity index (χ0v) is 15.0. The fraction of sp³-hybridized carbons (Fsp3) is 0.333. The van der Waals surface area contributed by atoms with E-state index in [0.717, 1.165) is 17.7 Å². The van der Waals surface area contributed by atoms with E-state index >= 15 is 0 Å². The van der Waals surface area contributed by atoms with Crippen molar-refractivity contribution in [2.45, 2.75) is 25.4 Å². The van der Waals surface area contributed by atoms with Crippen LogP contribution in [0.3, 0.4) is 0 Å². The molecule has 1 saturated heterocycles. The summed E-state index contributed by atoms with van der Waals surface area (Å²) < 4.78 is 13.9. The number of carbonyl (C=O) groups excluding carboxylic acids is 2. The van der Waals surface area contributed by atoms with Gasteiger partial charge in [-0.25, -0.2) is 4.39 Å². The van der Waals surface area contributed by atoms with Crippen LogP contribution in [0.5, 0.6) is 0 Å². The second-order valence-electron chi connectivity index (χ2n) is 6.99. The van der Waals surface area contributed by atoms with Crippen molar-refractivity contribution in [2.24, 2.45) is 0 Å². The molecule has 1 unspecified atom stereocenters. The van der Waals surface area contributed by atoms with Crippen molar-refractivity contribution in [3.8, 4) is 0 Å². The summed E-state index contributed by atoms with van der Waals surface area (Å²) in [5.74, 6) is -0.519. The molecular formula is C21H22FN3O2. The fourth-order valence-corrected chi connectivity index (χ4v) is 3.82. The molecule has 2 aromatic carbocycles. The Labute approximate surface area is 157 Å². The van der Waals surface area contributed by atoms with E-state index < -0.39 is 6.04 Å². The lowest BCUT2D eigenvalue weighted by molar-refractivity contribution is -0.138. The molecule has 2 heterocycles. The number of benzene rings is 2. The van der Waals surface area contributed by atoms with Crippen molar-refractivity contribution >= 4 is 17.5 Å². The summed E-state index contributed by atoms with van der Waals surface area (Å²) in [5.41, 5.74) is 2.59. The van der Waals surface area contributed by atoms with Crippen LogP contribution in [0.2, 0.25) is 0 Å². The van der Waals surface area contributed by atoms with Gasteiger partial charge in [-0.1, -0.05) is 36.4 Å². The van der Waals surface area contributed by atoms with Crippen molar-refractivity contribution in [3.63, 3.8) is 0 Å². The molecule has 6 heteroatoms. The predicted octanol–water partition coefficient (Wildman–Crippen LogP) is 2.11. The van der Waals surface area contributed by atoms with Gasteiger partial charge in [-0.3, -0.25) is 9.59 Å². The third-order valence-electron chi connectivity index (χ3n) is 5.27. The van der Waals surface area contributed by atoms with Crippen LogP contribution in [-0.2, 0) is 22.6 Å². The van der Waals surface area contributed by atoms with Gasteiger partial charge in [0.05, 0.1) is 12.5 Å². The lowest BCUT2D eigenvalue weighted by atomic mass is 10.1. The van der Waals surface area contributed by atoms with Gasteiger partial charge in [0, 0.05) is 37.4 Å². The van der Waals surface area contributed by atoms with E-state index in [9.17, 15) is 14.0 Å². The summed E-state index contributed by atoms with van der Waals surface area (Å²) in [6.45, 7) is 1.97. The molecule has 4 rings (SSSR count). The summed E-state index contributed by atoms with van der Waals surface area (Å²) in [7, 11) is 0. The first-order chi connectivity index (χ1) is 13.1. The Bertz CT molecular complexity index is 870. The van der Waals surface area contributed by atoms with Crippen LogP contribution >= 0.6 is 0 Å². The lowest BCUT2D eigenvalue weighted by Gasteiger charge is -2.33. The summed E-state index contributed by atoms with van der Waals surface area (Å²) in [4.78, 5) is 29.0. The number of piperazine rings is 1. The van der Waals surface area contributed by atoms with Gasteiger partial charge in [0.25, 0.3) is 0 Å². The Morgan fingerprint density at radius 3 is 2.74 bits per heavy atom. The van der Waals surface area contributed by atoms with Crippen LogP contribution < -0.4 is 10.2 Å². The minimum absolute atomic E-state index is 0.0569. The average Bonchev–Trinajstić information content (AvgIpc) is 3.11. The van der Waals surface area contributed by atoms with Gasteiger partial charge >= 0.3 is 0 Å². The SMILES string of the molecule is O=C1C(CC(=O)N2CCc3ccccc32)NCCN1Cc1ccccc1F. The van der Waals surface area contributed by atoms with E-state index in [1.54, 1.807) is 28.0 Å². The molecule has 0 spiro atoms. The normalized spacial score (nSPS) is 19.3. The minimum Gasteiger partial charge on any atom is -0.336 e. The first kappa shape index (κ1) is 17.7. The first-order valence-electron chi connectivity index (χ1n) is 9.27. The van der Waals surface area contributed by atoms with Gasteiger partial charge in [0.2, 0.25) is 11.8 Å². The third kappa shape index (κ3) is 3.57. The zero-order valence-electron chi connectivity index (χ0n) is 15.0. The van der Waals surface area contributed by atoms with E-state index in [4.69, 9.17) is 0 Å². The second-order valence-corrected chi connectivity index (χ2v) is 6.99. The van der Waals surface area contributed by atoms with Crippen LogP contribution in [0.1, 0.15) is 17.5 Å². The molecule has 2 aromatic rings. The van der Waals surface area contributed by atoms with Crippen molar-refractivity contribution in [3.05, 3.63) is 65.5 Å². The molecule has 27 heavy (non-hydrogen) atoms. The number of nitrogens with one attached hydrogen (secondary N) is 1. The van der Waals surface area contributed by atoms with E-state index in [0.29, 0.717) is 25.2 Å². The molecule has 2 aliphatic rings. The number of hydrogen-bond donors (Lipinski definition) is 1. The van der Waals surface area contributed by atoms with Crippen LogP contribution in [0.25, 0.3) is 0 Å². The Morgan fingerprint density at radius 2 is 1.89 bits per heavy atom.